The van der Waals surface area contributed by atoms with Crippen LogP contribution in [0.3, 0.4) is 0 Å². The molecule has 8 nitrogen and oxygen atoms in total. The van der Waals surface area contributed by atoms with Gasteiger partial charge in [0.25, 0.3) is 5.91 Å². The largest absolute Gasteiger partial charge is 0.481 e. The predicted octanol–water partition coefficient (Wildman–Crippen LogP) is 2.63. The Morgan fingerprint density at radius 2 is 1.90 bits per heavy atom. The fourth-order valence-corrected chi connectivity index (χ4v) is 4.66. The molecule has 1 saturated carbocycles. The van der Waals surface area contributed by atoms with Crippen LogP contribution in [0.1, 0.15) is 60.3 Å². The van der Waals surface area contributed by atoms with Crippen LogP contribution in [0.15, 0.2) is 16.9 Å². The molecule has 0 radical (unpaired) electrons. The maximum atomic E-state index is 13.1. The van der Waals surface area contributed by atoms with E-state index < -0.39 is 0 Å². The lowest BCUT2D eigenvalue weighted by atomic mass is 9.95. The van der Waals surface area contributed by atoms with E-state index in [1.807, 2.05) is 11.0 Å². The number of nitrogens with zero attached hydrogens (tertiary/aromatic N) is 5. The third kappa shape index (κ3) is 3.56. The van der Waals surface area contributed by atoms with Crippen LogP contribution >= 0.6 is 0 Å². The lowest BCUT2D eigenvalue weighted by molar-refractivity contribution is 0.0700. The molecule has 8 heteroatoms. The van der Waals surface area contributed by atoms with Crippen LogP contribution in [0.4, 0.5) is 5.82 Å². The summed E-state index contributed by atoms with van der Waals surface area (Å²) in [6, 6.07) is 2.82. The second-order valence-corrected chi connectivity index (χ2v) is 8.22. The molecule has 0 atom stereocenters. The van der Waals surface area contributed by atoms with Gasteiger partial charge in [-0.2, -0.15) is 0 Å². The summed E-state index contributed by atoms with van der Waals surface area (Å²) < 4.78 is 10.7. The SMILES string of the molecule is COc1cc(N(C2CC2)C2CCN(C(=O)c3noc4c3CCCC4)CC2)ncn1. The normalized spacial score (nSPS) is 19.7. The highest BCUT2D eigenvalue weighted by Crippen LogP contribution is 2.36. The van der Waals surface area contributed by atoms with Crippen LogP contribution in [0, 0.1) is 0 Å². The van der Waals surface area contributed by atoms with Crippen LogP contribution in [0.25, 0.3) is 0 Å². The Bertz CT molecular complexity index is 886. The topological polar surface area (TPSA) is 84.6 Å². The average Bonchev–Trinajstić information content (AvgIpc) is 3.51. The van der Waals surface area contributed by atoms with Gasteiger partial charge >= 0.3 is 0 Å². The Kier molecular flexibility index (Phi) is 4.85. The number of rotatable bonds is 5. The molecule has 1 amide bonds. The van der Waals surface area contributed by atoms with Gasteiger partial charge in [-0.3, -0.25) is 4.79 Å². The maximum Gasteiger partial charge on any atom is 0.276 e. The molecule has 154 valence electrons. The number of ether oxygens (including phenoxy) is 1. The van der Waals surface area contributed by atoms with E-state index in [1.54, 1.807) is 13.4 Å². The van der Waals surface area contributed by atoms with Crippen LogP contribution in [-0.2, 0) is 12.8 Å². The molecule has 0 spiro atoms. The molecular formula is C21H27N5O3. The lowest BCUT2D eigenvalue weighted by Crippen LogP contribution is -2.48. The second-order valence-electron chi connectivity index (χ2n) is 8.22. The van der Waals surface area contributed by atoms with Gasteiger partial charge in [0.2, 0.25) is 5.88 Å². The highest BCUT2D eigenvalue weighted by molar-refractivity contribution is 5.94. The first-order chi connectivity index (χ1) is 14.2. The van der Waals surface area contributed by atoms with Crippen molar-refractivity contribution in [1.82, 2.24) is 20.0 Å². The Hall–Kier alpha value is -2.64. The zero-order chi connectivity index (χ0) is 19.8. The summed E-state index contributed by atoms with van der Waals surface area (Å²) in [5.74, 6) is 2.45. The lowest BCUT2D eigenvalue weighted by Gasteiger charge is -2.39. The summed E-state index contributed by atoms with van der Waals surface area (Å²) in [4.78, 5) is 26.1. The van der Waals surface area contributed by atoms with Crippen molar-refractivity contribution in [3.05, 3.63) is 29.4 Å². The van der Waals surface area contributed by atoms with Gasteiger partial charge in [0.15, 0.2) is 5.69 Å². The number of carbonyl (C=O) groups excluding carboxylic acids is 1. The molecule has 1 saturated heterocycles. The predicted molar refractivity (Wildman–Crippen MR) is 106 cm³/mol. The van der Waals surface area contributed by atoms with Crippen LogP contribution in [0.5, 0.6) is 5.88 Å². The Morgan fingerprint density at radius 1 is 1.14 bits per heavy atom. The van der Waals surface area contributed by atoms with E-state index in [-0.39, 0.29) is 5.91 Å². The minimum atomic E-state index is 0.0250. The smallest absolute Gasteiger partial charge is 0.276 e. The average molecular weight is 397 g/mol. The fourth-order valence-electron chi connectivity index (χ4n) is 4.66. The molecule has 2 fully saturated rings. The van der Waals surface area contributed by atoms with E-state index >= 15 is 0 Å². The molecular weight excluding hydrogens is 370 g/mol. The van der Waals surface area contributed by atoms with Gasteiger partial charge in [-0.15, -0.1) is 0 Å². The summed E-state index contributed by atoms with van der Waals surface area (Å²) in [6.45, 7) is 1.47. The summed E-state index contributed by atoms with van der Waals surface area (Å²) in [5.41, 5.74) is 1.58. The number of hydrogen-bond acceptors (Lipinski definition) is 7. The highest BCUT2D eigenvalue weighted by Gasteiger charge is 2.38. The van der Waals surface area contributed by atoms with Gasteiger partial charge in [0, 0.05) is 43.2 Å². The van der Waals surface area contributed by atoms with Gasteiger partial charge in [0.1, 0.15) is 17.9 Å². The van der Waals surface area contributed by atoms with E-state index in [2.05, 4.69) is 20.0 Å². The van der Waals surface area contributed by atoms with Gasteiger partial charge in [-0.1, -0.05) is 5.16 Å². The quantitative estimate of drug-likeness (QED) is 0.767. The first-order valence-electron chi connectivity index (χ1n) is 10.7. The van der Waals surface area contributed by atoms with E-state index in [4.69, 9.17) is 9.26 Å². The molecule has 3 aliphatic rings. The molecule has 5 rings (SSSR count). The van der Waals surface area contributed by atoms with Crippen molar-refractivity contribution in [1.29, 1.82) is 0 Å². The standard InChI is InChI=1S/C21H27N5O3/c1-28-19-12-18(22-13-23-19)26(14-6-7-14)15-8-10-25(11-9-15)21(27)20-16-4-2-3-5-17(16)29-24-20/h12-15H,2-11H2,1H3. The number of hydrogen-bond donors (Lipinski definition) is 0. The van der Waals surface area contributed by atoms with Crippen molar-refractivity contribution in [2.75, 3.05) is 25.1 Å². The third-order valence-corrected chi connectivity index (χ3v) is 6.34. The Balaban J connectivity index is 1.28. The number of amides is 1. The molecule has 0 bridgehead atoms. The third-order valence-electron chi connectivity index (χ3n) is 6.34. The molecule has 0 unspecified atom stereocenters. The number of methoxy groups -OCH3 is 1. The molecule has 0 N–H and O–H groups in total. The van der Waals surface area contributed by atoms with Crippen molar-refractivity contribution in [2.24, 2.45) is 0 Å². The Labute approximate surface area is 170 Å². The maximum absolute atomic E-state index is 13.1. The molecule has 1 aliphatic heterocycles. The van der Waals surface area contributed by atoms with E-state index in [0.29, 0.717) is 23.7 Å². The van der Waals surface area contributed by atoms with Gasteiger partial charge in [-0.05, 0) is 44.9 Å². The molecule has 0 aromatic carbocycles. The Morgan fingerprint density at radius 3 is 2.66 bits per heavy atom. The fraction of sp³-hybridized carbons (Fsp3) is 0.619. The summed E-state index contributed by atoms with van der Waals surface area (Å²) in [7, 11) is 1.63. The summed E-state index contributed by atoms with van der Waals surface area (Å²) >= 11 is 0. The van der Waals surface area contributed by atoms with Gasteiger partial charge in [-0.25, -0.2) is 9.97 Å². The van der Waals surface area contributed by atoms with Gasteiger partial charge in [0.05, 0.1) is 7.11 Å². The van der Waals surface area contributed by atoms with E-state index in [0.717, 1.165) is 68.8 Å². The minimum absolute atomic E-state index is 0.0250. The zero-order valence-electron chi connectivity index (χ0n) is 16.8. The van der Waals surface area contributed by atoms with E-state index in [1.165, 1.54) is 12.8 Å². The first-order valence-corrected chi connectivity index (χ1v) is 10.7. The second kappa shape index (κ2) is 7.65. The molecule has 2 aromatic heterocycles. The molecule has 2 aliphatic carbocycles. The number of likely N-dealkylation sites (tertiary alicyclic amines) is 1. The van der Waals surface area contributed by atoms with Crippen molar-refractivity contribution in [3.8, 4) is 5.88 Å². The van der Waals surface area contributed by atoms with E-state index in [9.17, 15) is 4.79 Å². The van der Waals surface area contributed by atoms with Crippen LogP contribution in [-0.4, -0.2) is 58.2 Å². The van der Waals surface area contributed by atoms with Crippen LogP contribution < -0.4 is 9.64 Å². The molecule has 3 heterocycles. The van der Waals surface area contributed by atoms with Crippen LogP contribution in [0.2, 0.25) is 0 Å². The first kappa shape index (κ1) is 18.4. The minimum Gasteiger partial charge on any atom is -0.481 e. The summed E-state index contributed by atoms with van der Waals surface area (Å²) in [5, 5.41) is 4.12. The molecule has 2 aromatic rings. The summed E-state index contributed by atoms with van der Waals surface area (Å²) in [6.07, 6.45) is 9.82. The number of carbonyl (C=O) groups is 1. The van der Waals surface area contributed by atoms with Crippen molar-refractivity contribution in [2.45, 2.75) is 63.5 Å². The van der Waals surface area contributed by atoms with Crippen molar-refractivity contribution < 1.29 is 14.1 Å². The zero-order valence-corrected chi connectivity index (χ0v) is 16.8. The molecule has 29 heavy (non-hydrogen) atoms. The van der Waals surface area contributed by atoms with Crippen molar-refractivity contribution >= 4 is 11.7 Å². The highest BCUT2D eigenvalue weighted by atomic mass is 16.5. The van der Waals surface area contributed by atoms with Gasteiger partial charge < -0.3 is 19.1 Å². The van der Waals surface area contributed by atoms with Crippen molar-refractivity contribution in [3.63, 3.8) is 0 Å². The number of piperidine rings is 1. The number of fused-ring (bicyclic) bond motifs is 1. The number of anilines is 1. The number of aromatic nitrogens is 3. The number of aryl methyl sites for hydroxylation is 1. The monoisotopic (exact) mass is 397 g/mol.